The van der Waals surface area contributed by atoms with Crippen molar-refractivity contribution >= 4 is 10.1 Å². The van der Waals surface area contributed by atoms with Gasteiger partial charge in [0.15, 0.2) is 0 Å². The van der Waals surface area contributed by atoms with Gasteiger partial charge >= 0.3 is 0 Å². The van der Waals surface area contributed by atoms with Crippen molar-refractivity contribution in [3.05, 3.63) is 34.4 Å². The molecule has 1 unspecified atom stereocenters. The highest BCUT2D eigenvalue weighted by molar-refractivity contribution is 7.85. The molecule has 2 rings (SSSR count). The maximum atomic E-state index is 10.6. The summed E-state index contributed by atoms with van der Waals surface area (Å²) in [7, 11) is -3.83. The summed E-state index contributed by atoms with van der Waals surface area (Å²) >= 11 is 0. The first-order chi connectivity index (χ1) is 8.87. The Hall–Kier alpha value is -0.910. The molecule has 0 bridgehead atoms. The highest BCUT2D eigenvalue weighted by Crippen LogP contribution is 2.32. The van der Waals surface area contributed by atoms with Gasteiger partial charge in [0.05, 0.1) is 5.75 Å². The average Bonchev–Trinajstić information content (AvgIpc) is 2.67. The smallest absolute Gasteiger partial charge is 0.264 e. The summed E-state index contributed by atoms with van der Waals surface area (Å²) in [6.07, 6.45) is 2.58. The summed E-state index contributed by atoms with van der Waals surface area (Å²) in [5, 5.41) is 3.38. The van der Waals surface area contributed by atoms with Crippen LogP contribution in [0.1, 0.15) is 41.1 Å². The van der Waals surface area contributed by atoms with Crippen LogP contribution in [0.4, 0.5) is 0 Å². The molecule has 106 valence electrons. The first kappa shape index (κ1) is 14.5. The molecular formula is C14H21NO3S. The minimum absolute atomic E-state index is 0.174. The van der Waals surface area contributed by atoms with Crippen LogP contribution in [0.5, 0.6) is 0 Å². The van der Waals surface area contributed by atoms with E-state index in [0.717, 1.165) is 12.8 Å². The maximum Gasteiger partial charge on any atom is 0.264 e. The highest BCUT2D eigenvalue weighted by atomic mass is 32.2. The average molecular weight is 283 g/mol. The van der Waals surface area contributed by atoms with E-state index >= 15 is 0 Å². The van der Waals surface area contributed by atoms with Crippen molar-refractivity contribution in [2.24, 2.45) is 0 Å². The third-order valence-corrected chi connectivity index (χ3v) is 4.61. The molecular weight excluding hydrogens is 262 g/mol. The Kier molecular flexibility index (Phi) is 4.28. The molecule has 0 saturated carbocycles. The van der Waals surface area contributed by atoms with E-state index in [-0.39, 0.29) is 5.75 Å². The van der Waals surface area contributed by atoms with Crippen LogP contribution >= 0.6 is 0 Å². The van der Waals surface area contributed by atoms with Gasteiger partial charge in [-0.05, 0) is 61.9 Å². The molecule has 0 aromatic heterocycles. The molecule has 0 saturated heterocycles. The van der Waals surface area contributed by atoms with E-state index in [1.807, 2.05) is 0 Å². The summed E-state index contributed by atoms with van der Waals surface area (Å²) in [4.78, 5) is 0. The summed E-state index contributed by atoms with van der Waals surface area (Å²) in [5.74, 6) is -0.174. The first-order valence-corrected chi connectivity index (χ1v) is 8.26. The van der Waals surface area contributed by atoms with Gasteiger partial charge in [-0.1, -0.05) is 12.1 Å². The standard InChI is InChI=1S/C14H21NO3S/c1-10-8-12-4-5-14(13(12)9-11(10)2)15-6-3-7-19(16,17)18/h8-9,14-15H,3-7H2,1-2H3,(H,16,17,18). The largest absolute Gasteiger partial charge is 0.310 e. The molecule has 1 aromatic carbocycles. The van der Waals surface area contributed by atoms with Crippen LogP contribution < -0.4 is 5.32 Å². The van der Waals surface area contributed by atoms with Crippen LogP contribution in [0, 0.1) is 13.8 Å². The summed E-state index contributed by atoms with van der Waals surface area (Å²) in [5.41, 5.74) is 5.36. The van der Waals surface area contributed by atoms with Gasteiger partial charge in [0.2, 0.25) is 0 Å². The zero-order chi connectivity index (χ0) is 14.0. The number of hydrogen-bond acceptors (Lipinski definition) is 3. The zero-order valence-electron chi connectivity index (χ0n) is 11.4. The molecule has 1 atom stereocenters. The second-order valence-corrected chi connectivity index (χ2v) is 6.89. The van der Waals surface area contributed by atoms with E-state index < -0.39 is 10.1 Å². The number of rotatable bonds is 5. The fourth-order valence-corrected chi connectivity index (χ4v) is 3.15. The molecule has 1 aliphatic carbocycles. The third kappa shape index (κ3) is 3.78. The predicted octanol–water partition coefficient (Wildman–Crippen LogP) is 2.16. The van der Waals surface area contributed by atoms with Crippen molar-refractivity contribution in [2.75, 3.05) is 12.3 Å². The SMILES string of the molecule is Cc1cc2c(cc1C)C(NCCCS(=O)(=O)O)CC2. The molecule has 4 nitrogen and oxygen atoms in total. The Bertz CT molecular complexity index is 566. The molecule has 0 fully saturated rings. The Labute approximate surface area is 115 Å². The van der Waals surface area contributed by atoms with Crippen molar-refractivity contribution in [3.63, 3.8) is 0 Å². The zero-order valence-corrected chi connectivity index (χ0v) is 12.3. The Morgan fingerprint density at radius 3 is 2.68 bits per heavy atom. The minimum Gasteiger partial charge on any atom is -0.310 e. The van der Waals surface area contributed by atoms with Crippen LogP contribution in [0.2, 0.25) is 0 Å². The lowest BCUT2D eigenvalue weighted by Gasteiger charge is -2.15. The van der Waals surface area contributed by atoms with Gasteiger partial charge in [-0.2, -0.15) is 8.42 Å². The number of hydrogen-bond donors (Lipinski definition) is 2. The molecule has 1 aromatic rings. The number of benzene rings is 1. The molecule has 2 N–H and O–H groups in total. The van der Waals surface area contributed by atoms with Crippen LogP contribution in [-0.4, -0.2) is 25.3 Å². The topological polar surface area (TPSA) is 66.4 Å². The van der Waals surface area contributed by atoms with Gasteiger partial charge in [-0.25, -0.2) is 0 Å². The van der Waals surface area contributed by atoms with Crippen LogP contribution in [0.15, 0.2) is 12.1 Å². The summed E-state index contributed by atoms with van der Waals surface area (Å²) in [6, 6.07) is 4.80. The molecule has 19 heavy (non-hydrogen) atoms. The Morgan fingerprint density at radius 1 is 1.32 bits per heavy atom. The Morgan fingerprint density at radius 2 is 2.00 bits per heavy atom. The molecule has 0 radical (unpaired) electrons. The van der Waals surface area contributed by atoms with Crippen molar-refractivity contribution in [3.8, 4) is 0 Å². The third-order valence-electron chi connectivity index (χ3n) is 3.80. The van der Waals surface area contributed by atoms with Gasteiger partial charge in [0.25, 0.3) is 10.1 Å². The Balaban J connectivity index is 1.94. The second-order valence-electron chi connectivity index (χ2n) is 5.32. The van der Waals surface area contributed by atoms with E-state index in [0.29, 0.717) is 19.0 Å². The van der Waals surface area contributed by atoms with E-state index in [4.69, 9.17) is 4.55 Å². The molecule has 5 heteroatoms. The van der Waals surface area contributed by atoms with Crippen molar-refractivity contribution in [1.82, 2.24) is 5.32 Å². The molecule has 0 aliphatic heterocycles. The summed E-state index contributed by atoms with van der Waals surface area (Å²) < 4.78 is 30.0. The summed E-state index contributed by atoms with van der Waals surface area (Å²) in [6.45, 7) is 4.85. The number of fused-ring (bicyclic) bond motifs is 1. The number of nitrogens with one attached hydrogen (secondary N) is 1. The molecule has 0 heterocycles. The molecule has 1 aliphatic rings. The number of aryl methyl sites for hydroxylation is 3. The normalized spacial score (nSPS) is 18.6. The van der Waals surface area contributed by atoms with Gasteiger partial charge in [0, 0.05) is 6.04 Å². The van der Waals surface area contributed by atoms with E-state index in [2.05, 4.69) is 31.3 Å². The van der Waals surface area contributed by atoms with Crippen LogP contribution in [0.25, 0.3) is 0 Å². The van der Waals surface area contributed by atoms with E-state index in [9.17, 15) is 8.42 Å². The fraction of sp³-hybridized carbons (Fsp3) is 0.571. The van der Waals surface area contributed by atoms with Crippen LogP contribution in [-0.2, 0) is 16.5 Å². The minimum atomic E-state index is -3.83. The molecule has 0 spiro atoms. The lowest BCUT2D eigenvalue weighted by atomic mass is 10.0. The van der Waals surface area contributed by atoms with Crippen molar-refractivity contribution in [2.45, 2.75) is 39.2 Å². The van der Waals surface area contributed by atoms with E-state index in [1.54, 1.807) is 0 Å². The van der Waals surface area contributed by atoms with Gasteiger partial charge in [-0.15, -0.1) is 0 Å². The lowest BCUT2D eigenvalue weighted by molar-refractivity contribution is 0.475. The molecule has 0 amide bonds. The monoisotopic (exact) mass is 283 g/mol. The first-order valence-electron chi connectivity index (χ1n) is 6.65. The lowest BCUT2D eigenvalue weighted by Crippen LogP contribution is -2.22. The van der Waals surface area contributed by atoms with E-state index in [1.165, 1.54) is 22.3 Å². The predicted molar refractivity (Wildman–Crippen MR) is 76.0 cm³/mol. The quantitative estimate of drug-likeness (QED) is 0.642. The second kappa shape index (κ2) is 5.61. The fourth-order valence-electron chi connectivity index (χ4n) is 2.64. The maximum absolute atomic E-state index is 10.6. The van der Waals surface area contributed by atoms with Gasteiger partial charge in [-0.3, -0.25) is 4.55 Å². The van der Waals surface area contributed by atoms with Gasteiger partial charge < -0.3 is 5.32 Å². The van der Waals surface area contributed by atoms with Gasteiger partial charge in [0.1, 0.15) is 0 Å². The van der Waals surface area contributed by atoms with Crippen molar-refractivity contribution < 1.29 is 13.0 Å². The van der Waals surface area contributed by atoms with Crippen molar-refractivity contribution in [1.29, 1.82) is 0 Å². The highest BCUT2D eigenvalue weighted by Gasteiger charge is 2.22. The van der Waals surface area contributed by atoms with Crippen LogP contribution in [0.3, 0.4) is 0 Å².